The van der Waals surface area contributed by atoms with Gasteiger partial charge in [0.1, 0.15) is 6.61 Å². The van der Waals surface area contributed by atoms with Crippen LogP contribution in [0.4, 0.5) is 0 Å². The molecular formula is C10H11NO3S2. The molecule has 1 heterocycles. The summed E-state index contributed by atoms with van der Waals surface area (Å²) in [5.41, 5.74) is 1.01. The maximum absolute atomic E-state index is 11.8. The van der Waals surface area contributed by atoms with Crippen LogP contribution in [0.15, 0.2) is 33.6 Å². The minimum Gasteiger partial charge on any atom is -0.471 e. The van der Waals surface area contributed by atoms with Gasteiger partial charge in [-0.15, -0.1) is 4.40 Å². The molecule has 1 aromatic rings. The van der Waals surface area contributed by atoms with Crippen molar-refractivity contribution in [3.05, 3.63) is 29.8 Å². The van der Waals surface area contributed by atoms with Crippen molar-refractivity contribution in [1.82, 2.24) is 0 Å². The number of rotatable bonds is 2. The van der Waals surface area contributed by atoms with Gasteiger partial charge >= 0.3 is 0 Å². The molecule has 1 saturated heterocycles. The third-order valence-corrected chi connectivity index (χ3v) is 4.26. The molecule has 1 aliphatic rings. The zero-order chi connectivity index (χ0) is 11.6. The van der Waals surface area contributed by atoms with Crippen LogP contribution in [0.3, 0.4) is 0 Å². The number of nitrogens with zero attached hydrogens (tertiary/aromatic N) is 1. The summed E-state index contributed by atoms with van der Waals surface area (Å²) in [7, 11) is -3.62. The lowest BCUT2D eigenvalue weighted by molar-refractivity contribution is 0.353. The minimum atomic E-state index is -3.62. The maximum Gasteiger partial charge on any atom is 0.286 e. The summed E-state index contributed by atoms with van der Waals surface area (Å²) in [5, 5.41) is 0.237. The third kappa shape index (κ3) is 2.56. The first-order valence-electron chi connectivity index (χ1n) is 4.75. The highest BCUT2D eigenvalue weighted by molar-refractivity contribution is 8.14. The van der Waals surface area contributed by atoms with Crippen LogP contribution in [0.2, 0.25) is 0 Å². The molecule has 86 valence electrons. The van der Waals surface area contributed by atoms with E-state index < -0.39 is 10.0 Å². The van der Waals surface area contributed by atoms with Gasteiger partial charge in [-0.3, -0.25) is 0 Å². The molecule has 0 spiro atoms. The van der Waals surface area contributed by atoms with Crippen LogP contribution in [-0.4, -0.2) is 26.0 Å². The van der Waals surface area contributed by atoms with Crippen molar-refractivity contribution < 1.29 is 13.2 Å². The Labute approximate surface area is 98.8 Å². The van der Waals surface area contributed by atoms with Crippen molar-refractivity contribution in [2.45, 2.75) is 11.8 Å². The number of sulfonamides is 1. The summed E-state index contributed by atoms with van der Waals surface area (Å²) in [6.45, 7) is 2.42. The Morgan fingerprint density at radius 2 is 2.00 bits per heavy atom. The van der Waals surface area contributed by atoms with E-state index in [1.54, 1.807) is 24.3 Å². The lowest BCUT2D eigenvalue weighted by Gasteiger charge is -2.00. The van der Waals surface area contributed by atoms with Crippen molar-refractivity contribution in [3.8, 4) is 0 Å². The van der Waals surface area contributed by atoms with Gasteiger partial charge in [0, 0.05) is 5.75 Å². The van der Waals surface area contributed by atoms with Crippen molar-refractivity contribution in [2.75, 3.05) is 12.4 Å². The van der Waals surface area contributed by atoms with E-state index in [1.807, 2.05) is 6.92 Å². The lowest BCUT2D eigenvalue weighted by atomic mass is 10.2. The summed E-state index contributed by atoms with van der Waals surface area (Å²) in [5.74, 6) is 0.752. The van der Waals surface area contributed by atoms with E-state index in [2.05, 4.69) is 4.40 Å². The third-order valence-electron chi connectivity index (χ3n) is 2.05. The lowest BCUT2D eigenvalue weighted by Crippen LogP contribution is -2.01. The Kier molecular flexibility index (Phi) is 3.20. The molecule has 16 heavy (non-hydrogen) atoms. The smallest absolute Gasteiger partial charge is 0.286 e. The second-order valence-corrected chi connectivity index (χ2v) is 5.99. The minimum absolute atomic E-state index is 0.196. The van der Waals surface area contributed by atoms with E-state index in [9.17, 15) is 8.42 Å². The van der Waals surface area contributed by atoms with Crippen LogP contribution in [0, 0.1) is 6.92 Å². The average Bonchev–Trinajstić information content (AvgIpc) is 2.70. The van der Waals surface area contributed by atoms with Gasteiger partial charge in [0.25, 0.3) is 15.3 Å². The van der Waals surface area contributed by atoms with Gasteiger partial charge in [-0.1, -0.05) is 29.5 Å². The molecule has 1 aliphatic heterocycles. The molecule has 0 aliphatic carbocycles. The highest BCUT2D eigenvalue weighted by atomic mass is 32.2. The number of benzene rings is 1. The zero-order valence-corrected chi connectivity index (χ0v) is 10.3. The Hall–Kier alpha value is -1.01. The Bertz CT molecular complexity index is 497. The molecule has 4 nitrogen and oxygen atoms in total. The maximum atomic E-state index is 11.8. The number of thioether (sulfide) groups is 1. The first-order valence-corrected chi connectivity index (χ1v) is 7.18. The molecule has 0 bridgehead atoms. The molecule has 1 aromatic carbocycles. The van der Waals surface area contributed by atoms with Crippen molar-refractivity contribution in [1.29, 1.82) is 0 Å². The molecule has 0 atom stereocenters. The quantitative estimate of drug-likeness (QED) is 0.810. The van der Waals surface area contributed by atoms with Crippen LogP contribution in [0.25, 0.3) is 0 Å². The SMILES string of the molecule is Cc1ccc(S(=O)(=O)/N=C2/OCCS2)cc1. The van der Waals surface area contributed by atoms with Crippen LogP contribution in [0.5, 0.6) is 0 Å². The molecule has 0 saturated carbocycles. The van der Waals surface area contributed by atoms with Crippen LogP contribution < -0.4 is 0 Å². The topological polar surface area (TPSA) is 55.7 Å². The first kappa shape index (κ1) is 11.5. The average molecular weight is 257 g/mol. The summed E-state index contributed by atoms with van der Waals surface area (Å²) < 4.78 is 32.3. The molecule has 2 rings (SSSR count). The van der Waals surface area contributed by atoms with E-state index in [4.69, 9.17) is 4.74 Å². The first-order chi connectivity index (χ1) is 7.58. The fourth-order valence-corrected chi connectivity index (χ4v) is 3.06. The van der Waals surface area contributed by atoms with Gasteiger partial charge in [-0.25, -0.2) is 0 Å². The van der Waals surface area contributed by atoms with E-state index in [0.29, 0.717) is 6.61 Å². The summed E-state index contributed by atoms with van der Waals surface area (Å²) in [6.07, 6.45) is 0. The van der Waals surface area contributed by atoms with Gasteiger partial charge < -0.3 is 4.74 Å². The summed E-state index contributed by atoms with van der Waals surface area (Å²) in [4.78, 5) is 0.196. The molecule has 1 fully saturated rings. The Morgan fingerprint density at radius 3 is 2.56 bits per heavy atom. The molecule has 0 N–H and O–H groups in total. The van der Waals surface area contributed by atoms with Gasteiger partial charge in [-0.2, -0.15) is 8.42 Å². The standard InChI is InChI=1S/C10H11NO3S2/c1-8-2-4-9(5-3-8)16(12,13)11-10-14-6-7-15-10/h2-5H,6-7H2,1H3/b11-10-. The normalized spacial score (nSPS) is 18.7. The summed E-state index contributed by atoms with van der Waals surface area (Å²) in [6, 6.07) is 6.59. The highest BCUT2D eigenvalue weighted by Crippen LogP contribution is 2.19. The van der Waals surface area contributed by atoms with E-state index >= 15 is 0 Å². The van der Waals surface area contributed by atoms with Crippen molar-refractivity contribution >= 4 is 27.0 Å². The van der Waals surface area contributed by atoms with Gasteiger partial charge in [0.2, 0.25) is 0 Å². The molecule has 6 heteroatoms. The van der Waals surface area contributed by atoms with Crippen LogP contribution >= 0.6 is 11.8 Å². The van der Waals surface area contributed by atoms with Crippen molar-refractivity contribution in [2.24, 2.45) is 4.40 Å². The summed E-state index contributed by atoms with van der Waals surface area (Å²) >= 11 is 1.32. The fraction of sp³-hybridized carbons (Fsp3) is 0.300. The number of ether oxygens (including phenoxy) is 1. The van der Waals surface area contributed by atoms with Gasteiger partial charge in [-0.05, 0) is 19.1 Å². The molecular weight excluding hydrogens is 246 g/mol. The van der Waals surface area contributed by atoms with Crippen LogP contribution in [-0.2, 0) is 14.8 Å². The number of hydrogen-bond acceptors (Lipinski definition) is 4. The second-order valence-electron chi connectivity index (χ2n) is 3.34. The van der Waals surface area contributed by atoms with Crippen LogP contribution in [0.1, 0.15) is 5.56 Å². The highest BCUT2D eigenvalue weighted by Gasteiger charge is 2.18. The predicted molar refractivity (Wildman–Crippen MR) is 64.2 cm³/mol. The Morgan fingerprint density at radius 1 is 1.31 bits per heavy atom. The largest absolute Gasteiger partial charge is 0.471 e. The zero-order valence-electron chi connectivity index (χ0n) is 8.71. The number of hydrogen-bond donors (Lipinski definition) is 0. The predicted octanol–water partition coefficient (Wildman–Crippen LogP) is 1.80. The van der Waals surface area contributed by atoms with E-state index in [0.717, 1.165) is 11.3 Å². The fourth-order valence-electron chi connectivity index (χ4n) is 1.21. The Balaban J connectivity index is 2.31. The monoisotopic (exact) mass is 257 g/mol. The second kappa shape index (κ2) is 4.47. The number of aryl methyl sites for hydroxylation is 1. The molecule has 0 aromatic heterocycles. The van der Waals surface area contributed by atoms with E-state index in [-0.39, 0.29) is 10.1 Å². The molecule has 0 unspecified atom stereocenters. The van der Waals surface area contributed by atoms with Gasteiger partial charge in [0.15, 0.2) is 0 Å². The molecule has 0 radical (unpaired) electrons. The van der Waals surface area contributed by atoms with Crippen molar-refractivity contribution in [3.63, 3.8) is 0 Å². The van der Waals surface area contributed by atoms with E-state index in [1.165, 1.54) is 11.8 Å². The van der Waals surface area contributed by atoms with Gasteiger partial charge in [0.05, 0.1) is 4.90 Å². The molecule has 0 amide bonds.